The molecule has 3 aromatic carbocycles. The van der Waals surface area contributed by atoms with Crippen molar-refractivity contribution in [2.75, 3.05) is 11.1 Å². The number of aryl methyl sites for hydroxylation is 1. The van der Waals surface area contributed by atoms with E-state index in [0.29, 0.717) is 12.3 Å². The predicted octanol–water partition coefficient (Wildman–Crippen LogP) is 5.27. The summed E-state index contributed by atoms with van der Waals surface area (Å²) in [7, 11) is 0. The van der Waals surface area contributed by atoms with Crippen molar-refractivity contribution < 1.29 is 9.53 Å². The molecule has 5 heteroatoms. The van der Waals surface area contributed by atoms with Crippen molar-refractivity contribution in [2.45, 2.75) is 30.2 Å². The van der Waals surface area contributed by atoms with E-state index in [1.807, 2.05) is 54.6 Å². The van der Waals surface area contributed by atoms with Crippen LogP contribution < -0.4 is 15.8 Å². The Hall–Kier alpha value is -2.92. The van der Waals surface area contributed by atoms with E-state index in [0.717, 1.165) is 26.8 Å². The second-order valence-electron chi connectivity index (χ2n) is 6.28. The highest BCUT2D eigenvalue weighted by atomic mass is 32.2. The third kappa shape index (κ3) is 5.53. The van der Waals surface area contributed by atoms with Gasteiger partial charge in [-0.3, -0.25) is 4.79 Å². The number of anilines is 2. The summed E-state index contributed by atoms with van der Waals surface area (Å²) in [6.45, 7) is 4.07. The van der Waals surface area contributed by atoms with Gasteiger partial charge in [-0.2, -0.15) is 0 Å². The molecular formula is C22H22N2O2S. The molecule has 138 valence electrons. The molecule has 27 heavy (non-hydrogen) atoms. The van der Waals surface area contributed by atoms with Crippen LogP contribution >= 0.6 is 11.8 Å². The van der Waals surface area contributed by atoms with Crippen molar-refractivity contribution >= 4 is 29.0 Å². The topological polar surface area (TPSA) is 64.3 Å². The average molecular weight is 378 g/mol. The van der Waals surface area contributed by atoms with Crippen LogP contribution in [0.2, 0.25) is 0 Å². The van der Waals surface area contributed by atoms with Crippen LogP contribution in [-0.2, 0) is 11.4 Å². The molecule has 0 aliphatic rings. The Morgan fingerprint density at radius 2 is 1.85 bits per heavy atom. The molecule has 0 bridgehead atoms. The van der Waals surface area contributed by atoms with Crippen LogP contribution in [0.25, 0.3) is 0 Å². The van der Waals surface area contributed by atoms with Crippen LogP contribution in [0.15, 0.2) is 76.5 Å². The van der Waals surface area contributed by atoms with Gasteiger partial charge in [0.2, 0.25) is 5.91 Å². The van der Waals surface area contributed by atoms with Gasteiger partial charge in [0.15, 0.2) is 0 Å². The van der Waals surface area contributed by atoms with E-state index in [1.165, 1.54) is 12.5 Å². The van der Waals surface area contributed by atoms with E-state index in [2.05, 4.69) is 24.4 Å². The van der Waals surface area contributed by atoms with Crippen molar-refractivity contribution in [2.24, 2.45) is 0 Å². The quantitative estimate of drug-likeness (QED) is 0.574. The van der Waals surface area contributed by atoms with Crippen LogP contribution in [0.4, 0.5) is 11.4 Å². The Labute approximate surface area is 163 Å². The number of benzene rings is 3. The van der Waals surface area contributed by atoms with Gasteiger partial charge < -0.3 is 15.8 Å². The molecule has 3 aromatic rings. The minimum absolute atomic E-state index is 0.0825. The fraction of sp³-hybridized carbons (Fsp3) is 0.136. The number of carbonyl (C=O) groups is 1. The first kappa shape index (κ1) is 18.9. The molecule has 0 atom stereocenters. The third-order valence-electron chi connectivity index (χ3n) is 3.87. The molecule has 0 aromatic heterocycles. The number of nitrogens with one attached hydrogen (secondary N) is 1. The normalized spacial score (nSPS) is 10.4. The molecule has 0 aliphatic heterocycles. The largest absolute Gasteiger partial charge is 0.489 e. The fourth-order valence-electron chi connectivity index (χ4n) is 2.61. The van der Waals surface area contributed by atoms with Crippen molar-refractivity contribution in [1.82, 2.24) is 0 Å². The monoisotopic (exact) mass is 378 g/mol. The van der Waals surface area contributed by atoms with E-state index < -0.39 is 0 Å². The second kappa shape index (κ2) is 8.64. The lowest BCUT2D eigenvalue weighted by Crippen LogP contribution is -2.05. The summed E-state index contributed by atoms with van der Waals surface area (Å²) in [4.78, 5) is 13.1. The minimum Gasteiger partial charge on any atom is -0.489 e. The van der Waals surface area contributed by atoms with Gasteiger partial charge >= 0.3 is 0 Å². The molecule has 0 aliphatic carbocycles. The molecule has 0 radical (unpaired) electrons. The summed E-state index contributed by atoms with van der Waals surface area (Å²) in [5.41, 5.74) is 10.00. The zero-order chi connectivity index (χ0) is 19.2. The highest BCUT2D eigenvalue weighted by Gasteiger charge is 2.05. The van der Waals surface area contributed by atoms with Gasteiger partial charge in [-0.25, -0.2) is 0 Å². The van der Waals surface area contributed by atoms with Crippen molar-refractivity contribution in [3.63, 3.8) is 0 Å². The zero-order valence-electron chi connectivity index (χ0n) is 15.4. The zero-order valence-corrected chi connectivity index (χ0v) is 16.2. The highest BCUT2D eigenvalue weighted by molar-refractivity contribution is 7.99. The summed E-state index contributed by atoms with van der Waals surface area (Å²) >= 11 is 1.57. The molecule has 0 unspecified atom stereocenters. The number of rotatable bonds is 6. The summed E-state index contributed by atoms with van der Waals surface area (Å²) in [6.07, 6.45) is 0. The first-order valence-electron chi connectivity index (χ1n) is 8.63. The number of nitrogen functional groups attached to an aromatic ring is 1. The highest BCUT2D eigenvalue weighted by Crippen LogP contribution is 2.34. The molecule has 3 N–H and O–H groups in total. The summed E-state index contributed by atoms with van der Waals surface area (Å²) in [5.74, 6) is 0.667. The maximum absolute atomic E-state index is 11.1. The second-order valence-corrected chi connectivity index (χ2v) is 7.40. The number of ether oxygens (including phenoxy) is 1. The van der Waals surface area contributed by atoms with Gasteiger partial charge in [0, 0.05) is 34.2 Å². The first-order chi connectivity index (χ1) is 13.0. The Morgan fingerprint density at radius 3 is 2.52 bits per heavy atom. The van der Waals surface area contributed by atoms with E-state index >= 15 is 0 Å². The van der Waals surface area contributed by atoms with Crippen LogP contribution in [0, 0.1) is 6.92 Å². The molecule has 0 saturated carbocycles. The first-order valence-corrected chi connectivity index (χ1v) is 9.44. The van der Waals surface area contributed by atoms with Crippen LogP contribution in [0.3, 0.4) is 0 Å². The maximum atomic E-state index is 11.1. The van der Waals surface area contributed by atoms with Gasteiger partial charge in [-0.05, 0) is 48.9 Å². The van der Waals surface area contributed by atoms with Gasteiger partial charge in [0.25, 0.3) is 0 Å². The van der Waals surface area contributed by atoms with Gasteiger partial charge in [-0.1, -0.05) is 41.6 Å². The Morgan fingerprint density at radius 1 is 1.07 bits per heavy atom. The lowest BCUT2D eigenvalue weighted by Gasteiger charge is -2.11. The number of amides is 1. The lowest BCUT2D eigenvalue weighted by molar-refractivity contribution is -0.114. The number of hydrogen-bond acceptors (Lipinski definition) is 4. The molecule has 1 amide bonds. The van der Waals surface area contributed by atoms with E-state index in [1.54, 1.807) is 11.8 Å². The summed E-state index contributed by atoms with van der Waals surface area (Å²) in [6, 6.07) is 21.7. The smallest absolute Gasteiger partial charge is 0.221 e. The SMILES string of the molecule is CC(=O)Nc1ccc(Sc2ccc(OCc3cccc(C)c3)cc2N)cc1. The molecular weight excluding hydrogens is 356 g/mol. The van der Waals surface area contributed by atoms with Crippen LogP contribution in [0.1, 0.15) is 18.1 Å². The van der Waals surface area contributed by atoms with Gasteiger partial charge in [0.05, 0.1) is 0 Å². The number of nitrogens with two attached hydrogens (primary N) is 1. The third-order valence-corrected chi connectivity index (χ3v) is 4.97. The predicted molar refractivity (Wildman–Crippen MR) is 111 cm³/mol. The molecule has 0 spiro atoms. The molecule has 0 fully saturated rings. The van der Waals surface area contributed by atoms with Crippen LogP contribution in [-0.4, -0.2) is 5.91 Å². The number of hydrogen-bond donors (Lipinski definition) is 2. The van der Waals surface area contributed by atoms with Crippen molar-refractivity contribution in [3.8, 4) is 5.75 Å². The Balaban J connectivity index is 1.63. The molecule has 4 nitrogen and oxygen atoms in total. The van der Waals surface area contributed by atoms with Gasteiger partial charge in [-0.15, -0.1) is 0 Å². The minimum atomic E-state index is -0.0825. The molecule has 3 rings (SSSR count). The van der Waals surface area contributed by atoms with E-state index in [-0.39, 0.29) is 5.91 Å². The van der Waals surface area contributed by atoms with E-state index in [9.17, 15) is 4.79 Å². The molecule has 0 saturated heterocycles. The fourth-order valence-corrected chi connectivity index (χ4v) is 3.45. The lowest BCUT2D eigenvalue weighted by atomic mass is 10.1. The van der Waals surface area contributed by atoms with Gasteiger partial charge in [0.1, 0.15) is 12.4 Å². The van der Waals surface area contributed by atoms with Crippen molar-refractivity contribution in [3.05, 3.63) is 77.9 Å². The van der Waals surface area contributed by atoms with Crippen molar-refractivity contribution in [1.29, 1.82) is 0 Å². The summed E-state index contributed by atoms with van der Waals surface area (Å²) in [5, 5.41) is 2.76. The van der Waals surface area contributed by atoms with E-state index in [4.69, 9.17) is 10.5 Å². The Kier molecular flexibility index (Phi) is 6.04. The van der Waals surface area contributed by atoms with Crippen LogP contribution in [0.5, 0.6) is 5.75 Å². The standard InChI is InChI=1S/C22H22N2O2S/c1-15-4-3-5-17(12-15)14-26-19-8-11-22(21(23)13-19)27-20-9-6-18(7-10-20)24-16(2)25/h3-13H,14,23H2,1-2H3,(H,24,25). The average Bonchev–Trinajstić information content (AvgIpc) is 2.63. The number of carbonyl (C=O) groups excluding carboxylic acids is 1. The Bertz CT molecular complexity index is 939. The summed E-state index contributed by atoms with van der Waals surface area (Å²) < 4.78 is 5.86. The molecule has 0 heterocycles. The maximum Gasteiger partial charge on any atom is 0.221 e.